The van der Waals surface area contributed by atoms with Gasteiger partial charge in [0.15, 0.2) is 0 Å². The van der Waals surface area contributed by atoms with Crippen LogP contribution in [0.5, 0.6) is 0 Å². The smallest absolute Gasteiger partial charge is 0.227 e. The molecule has 4 atom stereocenters. The van der Waals surface area contributed by atoms with E-state index < -0.39 is 0 Å². The Bertz CT molecular complexity index is 862. The Balaban J connectivity index is 1.41. The summed E-state index contributed by atoms with van der Waals surface area (Å²) in [5, 5.41) is 8.63. The summed E-state index contributed by atoms with van der Waals surface area (Å²) in [5.41, 5.74) is 8.41. The van der Waals surface area contributed by atoms with Gasteiger partial charge >= 0.3 is 0 Å². The van der Waals surface area contributed by atoms with Crippen molar-refractivity contribution in [3.8, 4) is 11.3 Å². The molecule has 1 aromatic heterocycles. The molecule has 3 aliphatic rings. The number of nitrogens with two attached hydrogens (primary N) is 1. The van der Waals surface area contributed by atoms with Crippen LogP contribution in [0.3, 0.4) is 0 Å². The second-order valence-corrected chi connectivity index (χ2v) is 8.00. The highest BCUT2D eigenvalue weighted by Crippen LogP contribution is 2.37. The number of rotatable bonds is 6. The van der Waals surface area contributed by atoms with Crippen molar-refractivity contribution in [1.82, 2.24) is 24.8 Å². The Morgan fingerprint density at radius 2 is 2.32 bits per heavy atom. The standard InChI is InChI=1S/C21H28N6O/c1-3-8-25(2)21(28)19-13-26-9-7-15(19)11-18(26)12-27-14-20(23-24-27)16-5-4-6-17(22)10-16/h3-6,10,14-15,18-19H,1,7-9,11-13,22H2,2H3/t15-,18-,19+/m1/s1. The highest BCUT2D eigenvalue weighted by Gasteiger charge is 2.44. The van der Waals surface area contributed by atoms with Crippen LogP contribution >= 0.6 is 0 Å². The Morgan fingerprint density at radius 3 is 3.04 bits per heavy atom. The minimum absolute atomic E-state index is 0.105. The van der Waals surface area contributed by atoms with E-state index in [2.05, 4.69) is 21.8 Å². The summed E-state index contributed by atoms with van der Waals surface area (Å²) in [5.74, 6) is 0.804. The summed E-state index contributed by atoms with van der Waals surface area (Å²) >= 11 is 0. The number of aromatic nitrogens is 3. The molecule has 5 rings (SSSR count). The molecule has 2 N–H and O–H groups in total. The van der Waals surface area contributed by atoms with Crippen LogP contribution in [0.1, 0.15) is 12.8 Å². The van der Waals surface area contributed by atoms with Crippen LogP contribution in [-0.2, 0) is 11.3 Å². The fraction of sp³-hybridized carbons (Fsp3) is 0.476. The number of nitrogen functional groups attached to an aromatic ring is 1. The van der Waals surface area contributed by atoms with Crippen LogP contribution in [0.25, 0.3) is 11.3 Å². The lowest BCUT2D eigenvalue weighted by molar-refractivity contribution is -0.142. The van der Waals surface area contributed by atoms with E-state index in [1.54, 1.807) is 11.0 Å². The molecular formula is C21H28N6O. The van der Waals surface area contributed by atoms with Gasteiger partial charge in [-0.1, -0.05) is 23.4 Å². The number of likely N-dealkylation sites (N-methyl/N-ethyl adjacent to an activating group) is 1. The normalized spacial score (nSPS) is 26.2. The van der Waals surface area contributed by atoms with Crippen LogP contribution < -0.4 is 5.73 Å². The minimum Gasteiger partial charge on any atom is -0.399 e. The summed E-state index contributed by atoms with van der Waals surface area (Å²) in [6.45, 7) is 7.04. The summed E-state index contributed by atoms with van der Waals surface area (Å²) in [6.07, 6.45) is 5.90. The minimum atomic E-state index is 0.105. The topological polar surface area (TPSA) is 80.3 Å². The molecule has 3 aliphatic heterocycles. The number of fused-ring (bicyclic) bond motifs is 3. The maximum atomic E-state index is 12.7. The molecule has 2 bridgehead atoms. The Hall–Kier alpha value is -2.67. The van der Waals surface area contributed by atoms with Crippen molar-refractivity contribution < 1.29 is 4.79 Å². The predicted molar refractivity (Wildman–Crippen MR) is 109 cm³/mol. The van der Waals surface area contributed by atoms with Crippen molar-refractivity contribution in [2.45, 2.75) is 25.4 Å². The monoisotopic (exact) mass is 380 g/mol. The van der Waals surface area contributed by atoms with Gasteiger partial charge < -0.3 is 10.6 Å². The molecule has 0 radical (unpaired) electrons. The molecule has 148 valence electrons. The van der Waals surface area contributed by atoms with E-state index in [1.165, 1.54) is 0 Å². The average Bonchev–Trinajstić information content (AvgIpc) is 3.16. The van der Waals surface area contributed by atoms with Crippen molar-refractivity contribution in [3.05, 3.63) is 43.1 Å². The van der Waals surface area contributed by atoms with Crippen molar-refractivity contribution in [2.75, 3.05) is 32.4 Å². The van der Waals surface area contributed by atoms with Gasteiger partial charge in [0.25, 0.3) is 0 Å². The first kappa shape index (κ1) is 18.7. The fourth-order valence-electron chi connectivity index (χ4n) is 4.61. The highest BCUT2D eigenvalue weighted by molar-refractivity contribution is 5.79. The Morgan fingerprint density at radius 1 is 1.46 bits per heavy atom. The SMILES string of the molecule is C=CCN(C)C(=O)[C@H]1CN2CC[C@@H]1C[C@@H]2Cn1cc(-c2cccc(N)c2)nn1. The molecule has 7 heteroatoms. The zero-order valence-electron chi connectivity index (χ0n) is 16.4. The molecule has 1 aromatic carbocycles. The molecular weight excluding hydrogens is 352 g/mol. The third kappa shape index (κ3) is 3.67. The number of hydrogen-bond donors (Lipinski definition) is 1. The summed E-state index contributed by atoms with van der Waals surface area (Å²) in [7, 11) is 1.87. The summed E-state index contributed by atoms with van der Waals surface area (Å²) < 4.78 is 1.92. The number of carbonyl (C=O) groups is 1. The molecule has 0 spiro atoms. The Labute approximate surface area is 165 Å². The largest absolute Gasteiger partial charge is 0.399 e. The maximum Gasteiger partial charge on any atom is 0.227 e. The number of nitrogens with zero attached hydrogens (tertiary/aromatic N) is 5. The first-order valence-corrected chi connectivity index (χ1v) is 9.91. The average molecular weight is 380 g/mol. The van der Waals surface area contributed by atoms with Crippen LogP contribution in [0, 0.1) is 11.8 Å². The van der Waals surface area contributed by atoms with Crippen LogP contribution in [0.4, 0.5) is 5.69 Å². The molecule has 0 aliphatic carbocycles. The molecule has 1 amide bonds. The van der Waals surface area contributed by atoms with Crippen molar-refractivity contribution in [1.29, 1.82) is 0 Å². The second kappa shape index (κ2) is 7.75. The number of anilines is 1. The lowest BCUT2D eigenvalue weighted by Crippen LogP contribution is -2.58. The van der Waals surface area contributed by atoms with Gasteiger partial charge in [0, 0.05) is 37.4 Å². The second-order valence-electron chi connectivity index (χ2n) is 8.00. The molecule has 4 heterocycles. The van der Waals surface area contributed by atoms with E-state index in [0.717, 1.165) is 49.4 Å². The quantitative estimate of drug-likeness (QED) is 0.611. The highest BCUT2D eigenvalue weighted by atomic mass is 16.2. The predicted octanol–water partition coefficient (Wildman–Crippen LogP) is 1.88. The van der Waals surface area contributed by atoms with Gasteiger partial charge in [0.2, 0.25) is 5.91 Å². The summed E-state index contributed by atoms with van der Waals surface area (Å²) in [4.78, 5) is 17.0. The molecule has 28 heavy (non-hydrogen) atoms. The van der Waals surface area contributed by atoms with Gasteiger partial charge in [0.1, 0.15) is 5.69 Å². The third-order valence-electron chi connectivity index (χ3n) is 6.09. The van der Waals surface area contributed by atoms with Gasteiger partial charge in [0.05, 0.1) is 18.7 Å². The lowest BCUT2D eigenvalue weighted by atomic mass is 9.75. The fourth-order valence-corrected chi connectivity index (χ4v) is 4.61. The first-order valence-electron chi connectivity index (χ1n) is 9.91. The van der Waals surface area contributed by atoms with E-state index in [9.17, 15) is 4.79 Å². The van der Waals surface area contributed by atoms with E-state index in [1.807, 2.05) is 42.2 Å². The van der Waals surface area contributed by atoms with Crippen LogP contribution in [0.2, 0.25) is 0 Å². The number of carbonyl (C=O) groups excluding carboxylic acids is 1. The molecule has 3 saturated heterocycles. The van der Waals surface area contributed by atoms with E-state index >= 15 is 0 Å². The van der Waals surface area contributed by atoms with Crippen LogP contribution in [-0.4, -0.2) is 63.4 Å². The van der Waals surface area contributed by atoms with Crippen LogP contribution in [0.15, 0.2) is 43.1 Å². The van der Waals surface area contributed by atoms with Crippen molar-refractivity contribution in [3.63, 3.8) is 0 Å². The van der Waals surface area contributed by atoms with E-state index in [-0.39, 0.29) is 11.8 Å². The number of benzene rings is 1. The van der Waals surface area contributed by atoms with Crippen molar-refractivity contribution >= 4 is 11.6 Å². The molecule has 2 aromatic rings. The summed E-state index contributed by atoms with van der Waals surface area (Å²) in [6, 6.07) is 8.10. The lowest BCUT2D eigenvalue weighted by Gasteiger charge is -2.49. The van der Waals surface area contributed by atoms with Crippen molar-refractivity contribution in [2.24, 2.45) is 11.8 Å². The number of amides is 1. The number of piperidine rings is 3. The van der Waals surface area contributed by atoms with Gasteiger partial charge in [-0.15, -0.1) is 11.7 Å². The van der Waals surface area contributed by atoms with E-state index in [0.29, 0.717) is 18.5 Å². The molecule has 7 nitrogen and oxygen atoms in total. The Kier molecular flexibility index (Phi) is 5.17. The molecule has 1 unspecified atom stereocenters. The molecule has 3 fully saturated rings. The van der Waals surface area contributed by atoms with Gasteiger partial charge in [-0.3, -0.25) is 14.4 Å². The zero-order valence-corrected chi connectivity index (χ0v) is 16.4. The number of hydrogen-bond acceptors (Lipinski definition) is 5. The first-order chi connectivity index (χ1) is 13.5. The van der Waals surface area contributed by atoms with Gasteiger partial charge in [-0.05, 0) is 37.4 Å². The zero-order chi connectivity index (χ0) is 19.7. The van der Waals surface area contributed by atoms with Gasteiger partial charge in [-0.2, -0.15) is 0 Å². The third-order valence-corrected chi connectivity index (χ3v) is 6.09. The van der Waals surface area contributed by atoms with E-state index in [4.69, 9.17) is 5.73 Å². The molecule has 0 saturated carbocycles. The maximum absolute atomic E-state index is 12.7. The van der Waals surface area contributed by atoms with Gasteiger partial charge in [-0.25, -0.2) is 0 Å².